The smallest absolute Gasteiger partial charge is 0.248 e. The van der Waals surface area contributed by atoms with Crippen molar-refractivity contribution in [2.75, 3.05) is 11.6 Å². The maximum Gasteiger partial charge on any atom is 0.248 e. The summed E-state index contributed by atoms with van der Waals surface area (Å²) in [7, 11) is 0. The Bertz CT molecular complexity index is 421. The summed E-state index contributed by atoms with van der Waals surface area (Å²) in [5, 5.41) is 4.17. The van der Waals surface area contributed by atoms with Crippen molar-refractivity contribution in [2.45, 2.75) is 42.8 Å². The zero-order chi connectivity index (χ0) is 13.2. The fourth-order valence-electron chi connectivity index (χ4n) is 1.93. The molecule has 1 heterocycles. The number of hydrogen-bond acceptors (Lipinski definition) is 4. The van der Waals surface area contributed by atoms with Crippen LogP contribution in [0.1, 0.15) is 25.7 Å². The molecule has 1 aliphatic rings. The molecular weight excluding hydrogens is 280 g/mol. The van der Waals surface area contributed by atoms with Gasteiger partial charge in [-0.3, -0.25) is 0 Å². The molecule has 0 aliphatic heterocycles. The number of hydrogen-bond donors (Lipinski definition) is 1. The van der Waals surface area contributed by atoms with E-state index in [2.05, 4.69) is 15.3 Å². The predicted octanol–water partition coefficient (Wildman–Crippen LogP) is 3.84. The quantitative estimate of drug-likeness (QED) is 0.679. The van der Waals surface area contributed by atoms with Crippen LogP contribution in [-0.2, 0) is 0 Å². The number of nitrogens with one attached hydrogen (secondary N) is 1. The monoisotopic (exact) mass is 293 g/mol. The van der Waals surface area contributed by atoms with Crippen LogP contribution in [0.3, 0.4) is 0 Å². The van der Waals surface area contributed by atoms with E-state index in [-0.39, 0.29) is 18.9 Å². The summed E-state index contributed by atoms with van der Waals surface area (Å²) < 4.78 is 26.1. The lowest BCUT2D eigenvalue weighted by molar-refractivity contribution is -0.0361. The second kappa shape index (κ2) is 5.57. The molecule has 1 aromatic rings. The lowest BCUT2D eigenvalue weighted by Crippen LogP contribution is -2.32. The summed E-state index contributed by atoms with van der Waals surface area (Å²) in [6, 6.07) is 0.00623. The molecule has 0 bridgehead atoms. The lowest BCUT2D eigenvalue weighted by atomic mass is 9.92. The Morgan fingerprint density at radius 1 is 1.44 bits per heavy atom. The van der Waals surface area contributed by atoms with Crippen LogP contribution in [0.25, 0.3) is 0 Å². The second-order valence-corrected chi connectivity index (χ2v) is 5.51. The number of halogens is 3. The molecule has 0 amide bonds. The lowest BCUT2D eigenvalue weighted by Gasteiger charge is -2.29. The Morgan fingerprint density at radius 3 is 2.72 bits per heavy atom. The van der Waals surface area contributed by atoms with E-state index in [4.69, 9.17) is 11.6 Å². The van der Waals surface area contributed by atoms with Crippen molar-refractivity contribution in [3.8, 4) is 0 Å². The third-order valence-corrected chi connectivity index (χ3v) is 3.80. The van der Waals surface area contributed by atoms with Crippen molar-refractivity contribution in [2.24, 2.45) is 0 Å². The van der Waals surface area contributed by atoms with Crippen LogP contribution in [-0.4, -0.2) is 28.2 Å². The van der Waals surface area contributed by atoms with E-state index in [1.165, 1.54) is 18.0 Å². The maximum atomic E-state index is 13.0. The van der Waals surface area contributed by atoms with Crippen LogP contribution >= 0.6 is 23.4 Å². The van der Waals surface area contributed by atoms with Crippen molar-refractivity contribution < 1.29 is 8.78 Å². The molecule has 0 saturated heterocycles. The molecule has 1 fully saturated rings. The average Bonchev–Trinajstić information content (AvgIpc) is 2.34. The third kappa shape index (κ3) is 3.45. The first kappa shape index (κ1) is 13.8. The van der Waals surface area contributed by atoms with Gasteiger partial charge < -0.3 is 5.32 Å². The fourth-order valence-corrected chi connectivity index (χ4v) is 2.41. The Hall–Kier alpha value is -0.620. The van der Waals surface area contributed by atoms with Crippen LogP contribution in [0.5, 0.6) is 0 Å². The minimum Gasteiger partial charge on any atom is -0.366 e. The summed E-state index contributed by atoms with van der Waals surface area (Å²) in [5.41, 5.74) is 0. The van der Waals surface area contributed by atoms with Crippen LogP contribution in [0, 0.1) is 0 Å². The van der Waals surface area contributed by atoms with E-state index in [0.29, 0.717) is 28.8 Å². The van der Waals surface area contributed by atoms with E-state index in [0.717, 1.165) is 0 Å². The van der Waals surface area contributed by atoms with Gasteiger partial charge in [-0.05, 0) is 19.1 Å². The summed E-state index contributed by atoms with van der Waals surface area (Å²) in [6.45, 7) is 0. The van der Waals surface area contributed by atoms with Gasteiger partial charge in [-0.15, -0.1) is 0 Å². The highest BCUT2D eigenvalue weighted by Gasteiger charge is 2.35. The second-order valence-electron chi connectivity index (χ2n) is 4.33. The number of alkyl halides is 2. The van der Waals surface area contributed by atoms with Crippen molar-refractivity contribution in [3.63, 3.8) is 0 Å². The third-order valence-electron chi connectivity index (χ3n) is 2.96. The molecule has 18 heavy (non-hydrogen) atoms. The zero-order valence-corrected chi connectivity index (χ0v) is 11.5. The number of rotatable bonds is 3. The van der Waals surface area contributed by atoms with Gasteiger partial charge in [0.25, 0.3) is 0 Å². The van der Waals surface area contributed by atoms with Gasteiger partial charge in [0, 0.05) is 18.9 Å². The summed E-state index contributed by atoms with van der Waals surface area (Å²) in [4.78, 5) is 8.28. The van der Waals surface area contributed by atoms with Gasteiger partial charge in [0.05, 0.1) is 6.20 Å². The van der Waals surface area contributed by atoms with Crippen molar-refractivity contribution in [1.82, 2.24) is 9.97 Å². The maximum absolute atomic E-state index is 13.0. The largest absolute Gasteiger partial charge is 0.366 e. The molecule has 1 aromatic heterocycles. The first-order chi connectivity index (χ1) is 8.50. The SMILES string of the molecule is CSc1ncc(Cl)c(NC2CCC(F)(F)CC2)n1. The van der Waals surface area contributed by atoms with E-state index in [1.54, 1.807) is 0 Å². The van der Waals surface area contributed by atoms with Crippen molar-refractivity contribution in [3.05, 3.63) is 11.2 Å². The molecular formula is C11H14ClF2N3S. The summed E-state index contributed by atoms with van der Waals surface area (Å²) >= 11 is 7.40. The molecule has 0 spiro atoms. The van der Waals surface area contributed by atoms with Gasteiger partial charge in [0.15, 0.2) is 5.16 Å². The first-order valence-corrected chi connectivity index (χ1v) is 7.31. The number of nitrogens with zero attached hydrogens (tertiary/aromatic N) is 2. The predicted molar refractivity (Wildman–Crippen MR) is 69.6 cm³/mol. The molecule has 3 nitrogen and oxygen atoms in total. The van der Waals surface area contributed by atoms with Crippen LogP contribution in [0.15, 0.2) is 11.4 Å². The highest BCUT2D eigenvalue weighted by atomic mass is 35.5. The van der Waals surface area contributed by atoms with Crippen LogP contribution in [0.4, 0.5) is 14.6 Å². The normalized spacial score (nSPS) is 19.8. The summed E-state index contributed by atoms with van der Waals surface area (Å²) in [6.07, 6.45) is 4.10. The average molecular weight is 294 g/mol. The van der Waals surface area contributed by atoms with E-state index in [9.17, 15) is 8.78 Å². The Morgan fingerprint density at radius 2 is 2.11 bits per heavy atom. The molecule has 7 heteroatoms. The first-order valence-electron chi connectivity index (χ1n) is 5.71. The van der Waals surface area contributed by atoms with E-state index >= 15 is 0 Å². The number of aromatic nitrogens is 2. The van der Waals surface area contributed by atoms with Crippen molar-refractivity contribution >= 4 is 29.2 Å². The van der Waals surface area contributed by atoms with Gasteiger partial charge in [-0.25, -0.2) is 18.7 Å². The zero-order valence-electron chi connectivity index (χ0n) is 9.92. The fraction of sp³-hybridized carbons (Fsp3) is 0.636. The molecule has 2 rings (SSSR count). The van der Waals surface area contributed by atoms with Gasteiger partial charge >= 0.3 is 0 Å². The molecule has 0 atom stereocenters. The van der Waals surface area contributed by atoms with Crippen molar-refractivity contribution in [1.29, 1.82) is 0 Å². The van der Waals surface area contributed by atoms with Gasteiger partial charge in [0.1, 0.15) is 10.8 Å². The van der Waals surface area contributed by atoms with E-state index < -0.39 is 5.92 Å². The van der Waals surface area contributed by atoms with Crippen LogP contribution in [0.2, 0.25) is 5.02 Å². The van der Waals surface area contributed by atoms with Crippen LogP contribution < -0.4 is 5.32 Å². The molecule has 1 N–H and O–H groups in total. The highest BCUT2D eigenvalue weighted by molar-refractivity contribution is 7.98. The molecule has 0 radical (unpaired) electrons. The number of thioether (sulfide) groups is 1. The Labute approximate surface area is 114 Å². The highest BCUT2D eigenvalue weighted by Crippen LogP contribution is 2.34. The van der Waals surface area contributed by atoms with Gasteiger partial charge in [0.2, 0.25) is 5.92 Å². The standard InChI is InChI=1S/C11H14ClF2N3S/c1-18-10-15-6-8(12)9(17-10)16-7-2-4-11(13,14)5-3-7/h6-7H,2-5H2,1H3,(H,15,16,17). The molecule has 100 valence electrons. The Balaban J connectivity index is 2.01. The molecule has 0 unspecified atom stereocenters. The summed E-state index contributed by atoms with van der Waals surface area (Å²) in [5.74, 6) is -1.98. The van der Waals surface area contributed by atoms with Gasteiger partial charge in [-0.2, -0.15) is 0 Å². The molecule has 1 aliphatic carbocycles. The van der Waals surface area contributed by atoms with E-state index in [1.807, 2.05) is 6.26 Å². The molecule has 0 aromatic carbocycles. The minimum absolute atomic E-state index is 0.00623. The number of anilines is 1. The Kier molecular flexibility index (Phi) is 4.27. The van der Waals surface area contributed by atoms with Gasteiger partial charge in [-0.1, -0.05) is 23.4 Å². The topological polar surface area (TPSA) is 37.8 Å². The molecule has 1 saturated carbocycles. The minimum atomic E-state index is -2.52.